The van der Waals surface area contributed by atoms with Crippen molar-refractivity contribution in [2.75, 3.05) is 9.80 Å². The third-order valence-corrected chi connectivity index (χ3v) is 19.7. The Labute approximate surface area is 499 Å². The lowest BCUT2D eigenvalue weighted by Gasteiger charge is -2.35. The van der Waals surface area contributed by atoms with E-state index in [1.807, 2.05) is 0 Å². The second kappa shape index (κ2) is 20.0. The first-order valence-corrected chi connectivity index (χ1v) is 31.4. The smallest absolute Gasteiger partial charge is 0.0785 e. The van der Waals surface area contributed by atoms with Crippen LogP contribution in [0.15, 0.2) is 200 Å². The number of hydrogen-bond acceptors (Lipinski definition) is 2. The molecule has 0 amide bonds. The molecular formula is C81H72N4. The summed E-state index contributed by atoms with van der Waals surface area (Å²) in [7, 11) is 0. The Morgan fingerprint density at radius 1 is 0.341 bits per heavy atom. The molecule has 0 radical (unpaired) electrons. The van der Waals surface area contributed by atoms with Crippen LogP contribution >= 0.6 is 0 Å². The van der Waals surface area contributed by atoms with Gasteiger partial charge in [-0.1, -0.05) is 161 Å². The van der Waals surface area contributed by atoms with E-state index in [4.69, 9.17) is 0 Å². The van der Waals surface area contributed by atoms with Crippen molar-refractivity contribution in [1.29, 1.82) is 0 Å². The number of aryl methyl sites for hydroxylation is 5. The Hall–Kier alpha value is -9.12. The van der Waals surface area contributed by atoms with E-state index in [9.17, 15) is 0 Å². The minimum atomic E-state index is 0.244. The van der Waals surface area contributed by atoms with Crippen molar-refractivity contribution in [2.24, 2.45) is 0 Å². The number of anilines is 6. The van der Waals surface area contributed by atoms with Crippen molar-refractivity contribution < 1.29 is 0 Å². The maximum atomic E-state index is 2.75. The van der Waals surface area contributed by atoms with Crippen molar-refractivity contribution in [3.8, 4) is 11.4 Å². The van der Waals surface area contributed by atoms with E-state index in [0.29, 0.717) is 0 Å². The number of fused-ring (bicyclic) bond motifs is 8. The standard InChI is InChI=1S/C81H72N4/c1-49(2)67-47-73(84(69-38-22-26-54-24-14-16-32-58(54)69)79-52(6)46-75-76(53(79)7)64-35-19-21-37-72(64)82(75)56-28-10-8-11-29-56)65-44-42-62-68(50(3)4)48-74(66-45-43-61(67)77(65)78(62)66)85(70-39-23-27-55-25-15-17-33-59(55)70)80-51(5)40-41-63-60-34-18-20-36-71(60)83(81(63)80)57-30-12-9-13-31-57/h8-13,18-23,26-31,34-50H,14-17,24-25,32-33H2,1-7H3. The van der Waals surface area contributed by atoms with Crippen LogP contribution in [0.4, 0.5) is 34.1 Å². The van der Waals surface area contributed by atoms with E-state index in [2.05, 4.69) is 268 Å². The van der Waals surface area contributed by atoms with Gasteiger partial charge in [-0.25, -0.2) is 0 Å². The minimum Gasteiger partial charge on any atom is -0.309 e. The van der Waals surface area contributed by atoms with Gasteiger partial charge in [-0.15, -0.1) is 0 Å². The summed E-state index contributed by atoms with van der Waals surface area (Å²) in [6.07, 6.45) is 9.14. The van der Waals surface area contributed by atoms with Crippen LogP contribution in [0.5, 0.6) is 0 Å². The molecule has 2 aromatic heterocycles. The Morgan fingerprint density at radius 2 is 0.812 bits per heavy atom. The fourth-order valence-corrected chi connectivity index (χ4v) is 16.0. The summed E-state index contributed by atoms with van der Waals surface area (Å²) in [6, 6.07) is 77.0. The Kier molecular flexibility index (Phi) is 12.1. The molecule has 14 aromatic rings. The van der Waals surface area contributed by atoms with Crippen molar-refractivity contribution in [2.45, 2.75) is 112 Å². The molecule has 0 unspecified atom stereocenters. The van der Waals surface area contributed by atoms with E-state index >= 15 is 0 Å². The predicted molar refractivity (Wildman–Crippen MR) is 364 cm³/mol. The molecule has 12 aromatic carbocycles. The molecule has 0 saturated heterocycles. The number of para-hydroxylation sites is 4. The first kappa shape index (κ1) is 51.5. The van der Waals surface area contributed by atoms with Crippen LogP contribution < -0.4 is 9.80 Å². The lowest BCUT2D eigenvalue weighted by Crippen LogP contribution is -2.19. The first-order valence-electron chi connectivity index (χ1n) is 31.4. The van der Waals surface area contributed by atoms with E-state index in [1.165, 1.54) is 197 Å². The highest BCUT2D eigenvalue weighted by atomic mass is 15.2. The van der Waals surface area contributed by atoms with Crippen LogP contribution in [0, 0.1) is 20.8 Å². The van der Waals surface area contributed by atoms with Crippen LogP contribution in [0.25, 0.3) is 87.3 Å². The molecular weight excluding hydrogens is 1030 g/mol. The molecule has 0 spiro atoms. The summed E-state index contributed by atoms with van der Waals surface area (Å²) < 4.78 is 5.03. The Bertz CT molecular complexity index is 4990. The molecule has 4 heteroatoms. The van der Waals surface area contributed by atoms with Gasteiger partial charge in [0.25, 0.3) is 0 Å². The van der Waals surface area contributed by atoms with Gasteiger partial charge in [0, 0.05) is 55.1 Å². The fraction of sp³-hybridized carbons (Fsp3) is 0.210. The second-order valence-corrected chi connectivity index (χ2v) is 25.3. The molecule has 0 N–H and O–H groups in total. The molecule has 0 aliphatic heterocycles. The van der Waals surface area contributed by atoms with Gasteiger partial charge >= 0.3 is 0 Å². The maximum Gasteiger partial charge on any atom is 0.0785 e. The van der Waals surface area contributed by atoms with Gasteiger partial charge in [0.1, 0.15) is 0 Å². The maximum absolute atomic E-state index is 2.75. The van der Waals surface area contributed by atoms with Gasteiger partial charge in [-0.3, -0.25) is 0 Å². The van der Waals surface area contributed by atoms with Gasteiger partial charge in [0.05, 0.1) is 44.8 Å². The third-order valence-electron chi connectivity index (χ3n) is 19.7. The van der Waals surface area contributed by atoms with E-state index in [1.54, 1.807) is 0 Å². The van der Waals surface area contributed by atoms with E-state index < -0.39 is 0 Å². The molecule has 2 aliphatic rings. The average Bonchev–Trinajstić information content (AvgIpc) is 1.56. The van der Waals surface area contributed by atoms with E-state index in [-0.39, 0.29) is 11.8 Å². The lowest BCUT2D eigenvalue weighted by molar-refractivity contribution is 0.686. The van der Waals surface area contributed by atoms with Crippen molar-refractivity contribution >= 4 is 110 Å². The predicted octanol–water partition coefficient (Wildman–Crippen LogP) is 22.6. The van der Waals surface area contributed by atoms with Gasteiger partial charge in [0.2, 0.25) is 0 Å². The topological polar surface area (TPSA) is 16.3 Å². The van der Waals surface area contributed by atoms with Crippen LogP contribution in [0.2, 0.25) is 0 Å². The summed E-state index contributed by atoms with van der Waals surface area (Å²) in [6.45, 7) is 16.8. The van der Waals surface area contributed by atoms with Gasteiger partial charge in [-0.2, -0.15) is 0 Å². The van der Waals surface area contributed by atoms with Crippen LogP contribution in [0.1, 0.15) is 115 Å². The summed E-state index contributed by atoms with van der Waals surface area (Å²) in [5.41, 5.74) is 27.3. The molecule has 2 aliphatic carbocycles. The molecule has 0 bridgehead atoms. The zero-order valence-corrected chi connectivity index (χ0v) is 50.2. The number of rotatable bonds is 10. The van der Waals surface area contributed by atoms with Crippen molar-refractivity contribution in [3.05, 3.63) is 250 Å². The number of aromatic nitrogens is 2. The van der Waals surface area contributed by atoms with Gasteiger partial charge in [-0.05, 0) is 222 Å². The zero-order valence-electron chi connectivity index (χ0n) is 50.2. The Morgan fingerprint density at radius 3 is 1.38 bits per heavy atom. The molecule has 16 rings (SSSR count). The molecule has 85 heavy (non-hydrogen) atoms. The zero-order chi connectivity index (χ0) is 57.4. The number of benzene rings is 12. The third kappa shape index (κ3) is 7.80. The number of hydrogen-bond donors (Lipinski definition) is 0. The number of nitrogens with zero attached hydrogens (tertiary/aromatic N) is 4. The minimum absolute atomic E-state index is 0.244. The highest BCUT2D eigenvalue weighted by Gasteiger charge is 2.33. The van der Waals surface area contributed by atoms with E-state index in [0.717, 1.165) is 25.7 Å². The SMILES string of the molecule is Cc1cc2c(c(C)c1N(c1cccc3c1CCCC3)c1cc(C(C)C)c3ccc4c(N(c5cccc6c5CCCC6)c5c(C)ccc6c7ccccc7n(-c7ccccc7)c56)cc(C(C)C)c5ccc1c3c54)c1ccccc1n2-c1ccccc1. The highest BCUT2D eigenvalue weighted by Crippen LogP contribution is 2.56. The molecule has 2 heterocycles. The van der Waals surface area contributed by atoms with Gasteiger partial charge < -0.3 is 18.9 Å². The second-order valence-electron chi connectivity index (χ2n) is 25.3. The fourth-order valence-electron chi connectivity index (χ4n) is 16.0. The van der Waals surface area contributed by atoms with Crippen molar-refractivity contribution in [3.63, 3.8) is 0 Å². The molecule has 4 nitrogen and oxygen atoms in total. The summed E-state index contributed by atoms with van der Waals surface area (Å²) >= 11 is 0. The molecule has 416 valence electrons. The summed E-state index contributed by atoms with van der Waals surface area (Å²) in [4.78, 5) is 5.50. The lowest BCUT2D eigenvalue weighted by atomic mass is 9.83. The average molecular weight is 1100 g/mol. The molecule has 0 fully saturated rings. The molecule has 0 saturated carbocycles. The largest absolute Gasteiger partial charge is 0.309 e. The van der Waals surface area contributed by atoms with Crippen LogP contribution in [-0.2, 0) is 25.7 Å². The Balaban J connectivity index is 1.04. The van der Waals surface area contributed by atoms with Gasteiger partial charge in [0.15, 0.2) is 0 Å². The highest BCUT2D eigenvalue weighted by molar-refractivity contribution is 6.30. The quantitative estimate of drug-likeness (QED) is 0.127. The molecule has 0 atom stereocenters. The van der Waals surface area contributed by atoms with Crippen molar-refractivity contribution in [1.82, 2.24) is 9.13 Å². The monoisotopic (exact) mass is 1100 g/mol. The summed E-state index contributed by atoms with van der Waals surface area (Å²) in [5.74, 6) is 0.494. The summed E-state index contributed by atoms with van der Waals surface area (Å²) in [5, 5.41) is 13.1. The van der Waals surface area contributed by atoms with Crippen LogP contribution in [0.3, 0.4) is 0 Å². The first-order chi connectivity index (χ1) is 41.6. The van der Waals surface area contributed by atoms with Crippen LogP contribution in [-0.4, -0.2) is 9.13 Å². The normalized spacial score (nSPS) is 13.7.